The molecule has 0 radical (unpaired) electrons. The minimum absolute atomic E-state index is 0.0473. The molecule has 43 heavy (non-hydrogen) atoms. The van der Waals surface area contributed by atoms with Gasteiger partial charge in [-0.3, -0.25) is 4.90 Å². The molecular formula is C35H34N2O6. The summed E-state index contributed by atoms with van der Waals surface area (Å²) in [4.78, 5) is 2.32. The number of rotatable bonds is 2. The molecule has 2 N–H and O–H groups in total. The van der Waals surface area contributed by atoms with E-state index >= 15 is 0 Å². The van der Waals surface area contributed by atoms with Gasteiger partial charge in [-0.05, 0) is 97.9 Å². The Morgan fingerprint density at radius 2 is 1.63 bits per heavy atom. The van der Waals surface area contributed by atoms with Gasteiger partial charge in [-0.25, -0.2) is 0 Å². The molecular weight excluding hydrogens is 544 g/mol. The highest BCUT2D eigenvalue weighted by Gasteiger charge is 2.39. The number of phenols is 1. The first-order valence-electron chi connectivity index (χ1n) is 14.9. The van der Waals surface area contributed by atoms with Crippen molar-refractivity contribution >= 4 is 0 Å². The fraction of sp³-hybridized carbons (Fsp3) is 0.314. The number of nitrogens with zero attached hydrogens (tertiary/aromatic N) is 1. The molecule has 0 aliphatic carbocycles. The highest BCUT2D eigenvalue weighted by molar-refractivity contribution is 5.72. The van der Waals surface area contributed by atoms with Gasteiger partial charge in [-0.2, -0.15) is 0 Å². The highest BCUT2D eigenvalue weighted by atomic mass is 16.6. The van der Waals surface area contributed by atoms with Crippen molar-refractivity contribution in [1.82, 2.24) is 10.2 Å². The van der Waals surface area contributed by atoms with Crippen LogP contribution in [0.1, 0.15) is 45.5 Å². The molecule has 0 fully saturated rings. The molecule has 0 aromatic heterocycles. The molecule has 7 bridgehead atoms. The summed E-state index contributed by atoms with van der Waals surface area (Å²) in [7, 11) is 5.35. The molecule has 9 rings (SSSR count). The van der Waals surface area contributed by atoms with Gasteiger partial charge in [-0.15, -0.1) is 0 Å². The number of fused-ring (bicyclic) bond motifs is 2. The summed E-state index contributed by atoms with van der Waals surface area (Å²) in [6.07, 6.45) is 3.04. The van der Waals surface area contributed by atoms with Crippen molar-refractivity contribution < 1.29 is 28.8 Å². The second-order valence-corrected chi connectivity index (χ2v) is 11.8. The van der Waals surface area contributed by atoms with E-state index in [2.05, 4.69) is 53.7 Å². The summed E-state index contributed by atoms with van der Waals surface area (Å²) >= 11 is 0. The molecule has 0 unspecified atom stereocenters. The summed E-state index contributed by atoms with van der Waals surface area (Å²) in [5.41, 5.74) is 6.48. The normalized spacial score (nSPS) is 19.9. The van der Waals surface area contributed by atoms with Crippen molar-refractivity contribution in [3.63, 3.8) is 0 Å². The molecule has 8 heteroatoms. The SMILES string of the molecule is COc1ccc2cc1Oc1ccc(cc1)C[C@H]1c3c(c(O)c(OC)c4c3Oc3cc5c(cc3O4)CCN[C@@H]5C2)CCN1C. The molecule has 0 spiro atoms. The molecule has 5 heterocycles. The zero-order chi connectivity index (χ0) is 29.2. The largest absolute Gasteiger partial charge is 0.504 e. The fourth-order valence-electron chi connectivity index (χ4n) is 7.06. The Hall–Kier alpha value is -4.40. The van der Waals surface area contributed by atoms with Crippen LogP contribution in [0, 0.1) is 0 Å². The maximum atomic E-state index is 11.5. The van der Waals surface area contributed by atoms with Gasteiger partial charge in [-0.1, -0.05) is 18.2 Å². The van der Waals surface area contributed by atoms with Crippen LogP contribution in [-0.2, 0) is 25.7 Å². The van der Waals surface area contributed by atoms with Gasteiger partial charge in [0.05, 0.1) is 14.2 Å². The van der Waals surface area contributed by atoms with E-state index in [0.717, 1.165) is 53.9 Å². The topological polar surface area (TPSA) is 81.7 Å². The van der Waals surface area contributed by atoms with Gasteiger partial charge in [0.25, 0.3) is 0 Å². The Labute approximate surface area is 250 Å². The minimum atomic E-state index is -0.0473. The number of hydrogen-bond donors (Lipinski definition) is 2. The fourth-order valence-corrected chi connectivity index (χ4v) is 7.06. The smallest absolute Gasteiger partial charge is 0.216 e. The molecule has 8 nitrogen and oxygen atoms in total. The number of hydrogen-bond acceptors (Lipinski definition) is 8. The highest BCUT2D eigenvalue weighted by Crippen LogP contribution is 2.59. The summed E-state index contributed by atoms with van der Waals surface area (Å²) < 4.78 is 31.1. The maximum absolute atomic E-state index is 11.5. The quantitative estimate of drug-likeness (QED) is 0.242. The van der Waals surface area contributed by atoms with E-state index in [1.807, 2.05) is 18.2 Å². The molecule has 5 aliphatic heterocycles. The number of nitrogens with one attached hydrogen (secondary N) is 1. The third-order valence-electron chi connectivity index (χ3n) is 9.31. The Kier molecular flexibility index (Phi) is 6.17. The third-order valence-corrected chi connectivity index (χ3v) is 9.31. The Morgan fingerprint density at radius 1 is 0.837 bits per heavy atom. The van der Waals surface area contributed by atoms with Crippen LogP contribution in [0.2, 0.25) is 0 Å². The predicted molar refractivity (Wildman–Crippen MR) is 162 cm³/mol. The van der Waals surface area contributed by atoms with Crippen LogP contribution in [-0.4, -0.2) is 44.4 Å². The Balaban J connectivity index is 1.33. The molecule has 2 atom stereocenters. The first kappa shape index (κ1) is 26.2. The van der Waals surface area contributed by atoms with Gasteiger partial charge in [0.15, 0.2) is 34.5 Å². The summed E-state index contributed by atoms with van der Waals surface area (Å²) in [6, 6.07) is 18.6. The van der Waals surface area contributed by atoms with Crippen LogP contribution in [0.3, 0.4) is 0 Å². The maximum Gasteiger partial charge on any atom is 0.216 e. The number of methoxy groups -OCH3 is 2. The van der Waals surface area contributed by atoms with E-state index < -0.39 is 0 Å². The van der Waals surface area contributed by atoms with Crippen LogP contribution in [0.15, 0.2) is 54.6 Å². The molecule has 4 aromatic carbocycles. The van der Waals surface area contributed by atoms with E-state index in [0.29, 0.717) is 53.1 Å². The molecule has 0 saturated heterocycles. The lowest BCUT2D eigenvalue weighted by Crippen LogP contribution is -2.34. The lowest BCUT2D eigenvalue weighted by molar-refractivity contribution is 0.215. The zero-order valence-electron chi connectivity index (χ0n) is 24.5. The van der Waals surface area contributed by atoms with Crippen molar-refractivity contribution in [3.05, 3.63) is 88.0 Å². The first-order chi connectivity index (χ1) is 21.0. The summed E-state index contributed by atoms with van der Waals surface area (Å²) in [5, 5.41) is 15.2. The average molecular weight is 579 g/mol. The number of aromatic hydroxyl groups is 1. The number of benzene rings is 4. The van der Waals surface area contributed by atoms with Crippen molar-refractivity contribution in [3.8, 4) is 51.7 Å². The van der Waals surface area contributed by atoms with Crippen LogP contribution in [0.5, 0.6) is 51.7 Å². The van der Waals surface area contributed by atoms with Crippen molar-refractivity contribution in [2.24, 2.45) is 0 Å². The second-order valence-electron chi connectivity index (χ2n) is 11.8. The second kappa shape index (κ2) is 10.1. The van der Waals surface area contributed by atoms with E-state index in [-0.39, 0.29) is 17.8 Å². The van der Waals surface area contributed by atoms with E-state index in [4.69, 9.17) is 23.7 Å². The monoisotopic (exact) mass is 578 g/mol. The van der Waals surface area contributed by atoms with Gasteiger partial charge < -0.3 is 34.1 Å². The van der Waals surface area contributed by atoms with Gasteiger partial charge in [0, 0.05) is 29.8 Å². The molecule has 5 aliphatic rings. The van der Waals surface area contributed by atoms with Gasteiger partial charge >= 0.3 is 0 Å². The van der Waals surface area contributed by atoms with E-state index in [9.17, 15) is 5.11 Å². The van der Waals surface area contributed by atoms with E-state index in [1.165, 1.54) is 11.1 Å². The molecule has 4 aromatic rings. The van der Waals surface area contributed by atoms with Gasteiger partial charge in [0.2, 0.25) is 11.5 Å². The van der Waals surface area contributed by atoms with Crippen molar-refractivity contribution in [2.75, 3.05) is 34.4 Å². The summed E-state index contributed by atoms with van der Waals surface area (Å²) in [5.74, 6) is 4.93. The number of ether oxygens (including phenoxy) is 5. The van der Waals surface area contributed by atoms with Crippen LogP contribution in [0.4, 0.5) is 0 Å². The van der Waals surface area contributed by atoms with Crippen LogP contribution >= 0.6 is 0 Å². The van der Waals surface area contributed by atoms with Gasteiger partial charge in [0.1, 0.15) is 5.75 Å². The number of likely N-dealkylation sites (N-methyl/N-ethyl adjacent to an activating group) is 1. The van der Waals surface area contributed by atoms with Crippen LogP contribution in [0.25, 0.3) is 0 Å². The van der Waals surface area contributed by atoms with Crippen LogP contribution < -0.4 is 29.0 Å². The summed E-state index contributed by atoms with van der Waals surface area (Å²) in [6.45, 7) is 1.65. The number of phenolic OH excluding ortho intramolecular Hbond substituents is 1. The first-order valence-corrected chi connectivity index (χ1v) is 14.9. The van der Waals surface area contributed by atoms with Crippen molar-refractivity contribution in [2.45, 2.75) is 37.8 Å². The van der Waals surface area contributed by atoms with E-state index in [1.54, 1.807) is 14.2 Å². The predicted octanol–water partition coefficient (Wildman–Crippen LogP) is 6.61. The molecule has 0 amide bonds. The lowest BCUT2D eigenvalue weighted by atomic mass is 9.86. The zero-order valence-corrected chi connectivity index (χ0v) is 24.5. The minimum Gasteiger partial charge on any atom is -0.504 e. The van der Waals surface area contributed by atoms with Crippen molar-refractivity contribution in [1.29, 1.82) is 0 Å². The molecule has 220 valence electrons. The third kappa shape index (κ3) is 4.27. The Morgan fingerprint density at radius 3 is 2.44 bits per heavy atom. The lowest BCUT2D eigenvalue weighted by Gasteiger charge is -2.38. The Bertz CT molecular complexity index is 1750. The average Bonchev–Trinajstić information content (AvgIpc) is 3.01. The molecule has 0 saturated carbocycles. The standard InChI is InChI=1S/C35H34N2O6/c1-37-13-11-23-31-26(37)15-19-4-7-22(8-5-19)41-28-16-20(6-9-27(28)39-2)14-25-24-18-30-29(17-21(24)10-12-36-25)43-35(33(31)42-30)34(40-3)32(23)38/h4-9,16-18,25-26,36,38H,10-15H2,1-3H3/t25-,26+/m1/s1.